The maximum absolute atomic E-state index is 10.1. The Morgan fingerprint density at radius 2 is 0.790 bits per heavy atom. The van der Waals surface area contributed by atoms with Gasteiger partial charge in [-0.1, -0.05) is 131 Å². The number of hydrogen-bond acceptors (Lipinski definition) is 11. The fourth-order valence-electron chi connectivity index (χ4n) is 28.1. The molecule has 8 fully saturated rings. The summed E-state index contributed by atoms with van der Waals surface area (Å²) in [4.78, 5) is 18.1. The number of H-pyrrole nitrogens is 1. The molecule has 0 aromatic carbocycles. The molecule has 4 heterocycles. The third kappa shape index (κ3) is 10.7. The predicted molar refractivity (Wildman–Crippen MR) is 401 cm³/mol. The van der Waals surface area contributed by atoms with Gasteiger partial charge in [0.15, 0.2) is 11.9 Å². The number of aliphatic imine (C=N–C) groups is 4. The molecule has 16 aliphatic carbocycles. The summed E-state index contributed by atoms with van der Waals surface area (Å²) in [5.41, 5.74) is 16.9. The van der Waals surface area contributed by atoms with Gasteiger partial charge in [0.1, 0.15) is 6.67 Å². The van der Waals surface area contributed by atoms with Crippen molar-refractivity contribution in [2.45, 2.75) is 266 Å². The molecule has 100 heavy (non-hydrogen) atoms. The first kappa shape index (κ1) is 68.0. The highest BCUT2D eigenvalue weighted by Gasteiger charge is 2.62. The Morgan fingerprint density at radius 1 is 0.400 bits per heavy atom. The van der Waals surface area contributed by atoms with Crippen LogP contribution >= 0.6 is 0 Å². The van der Waals surface area contributed by atoms with Crippen molar-refractivity contribution in [1.29, 1.82) is 0 Å². The number of aromatic nitrogens is 3. The first-order valence-electron chi connectivity index (χ1n) is 40.4. The second-order valence-electron chi connectivity index (χ2n) is 37.7. The van der Waals surface area contributed by atoms with Gasteiger partial charge in [0.25, 0.3) is 0 Å². The summed E-state index contributed by atoms with van der Waals surface area (Å²) in [7, 11) is 0. The quantitative estimate of drug-likeness (QED) is 0.189. The molecule has 5 N–H and O–H groups in total. The number of aliphatic hydroxyl groups is 4. The summed E-state index contributed by atoms with van der Waals surface area (Å²) in [6.45, 7) is 20.6. The minimum Gasteiger partial charge on any atom is -0.393 e. The molecule has 12 heteroatoms. The average Bonchev–Trinajstić information content (AvgIpc) is 1.42. The van der Waals surface area contributed by atoms with E-state index in [4.69, 9.17) is 4.52 Å². The number of aliphatic hydroxyl groups excluding tert-OH is 4. The van der Waals surface area contributed by atoms with Crippen LogP contribution in [0.3, 0.4) is 0 Å². The van der Waals surface area contributed by atoms with Gasteiger partial charge in [0, 0.05) is 30.9 Å². The van der Waals surface area contributed by atoms with Crippen LogP contribution in [-0.4, -0.2) is 97.4 Å². The Hall–Kier alpha value is -5.14. The van der Waals surface area contributed by atoms with E-state index in [1.165, 1.54) is 150 Å². The standard InChI is InChI=1S/3C22H30N2O.C22H29NO2/c1-21-10-7-15(25)13-14(21)3-4-16-17-5-6-19(20-9-12-23-24-20)22(17,2)11-8-18(16)21;1-21-9-7-15(25)11-14(21)3-4-16-17-5-6-19(20-12-23-13-24-20)22(17,2)10-8-18(16)21;1-21-9-7-15(25)13-14(21)3-4-16-17-5-6-19(20-23-11-12-24-20)22(17,2)10-8-18(16)21;1-21-10-7-15(24)13-14(21)3-4-16-17-5-6-19(20-9-12-23-25-20)22(17,2)11-8-18(16)21/h3,6,9,12,15-18,25H,4-5,7-8,10-11,13H2,1-2H3,(H,23,24);3,6,12,15-18,25H,4-5,7-11,13H2,1-2H3;3,6,11-12,15-18,20,25H,4-5,7-10,13H2,1-2H3;3,6,9,12,15-18,24H,4-5,7-8,10-11,13H2,1-2H3/t4*15-,16?,17?,18?,21-,22-/m0000/s1. The number of rotatable bonds is 4. The van der Waals surface area contributed by atoms with E-state index < -0.39 is 0 Å². The molecule has 12 nitrogen and oxygen atoms in total. The lowest BCUT2D eigenvalue weighted by Gasteiger charge is -2.57. The normalized spacial score (nSPS) is 47.1. The minimum absolute atomic E-state index is 0.0571. The van der Waals surface area contributed by atoms with Crippen molar-refractivity contribution < 1.29 is 24.9 Å². The topological polar surface area (TPSA) is 185 Å². The van der Waals surface area contributed by atoms with Crippen molar-refractivity contribution in [3.05, 3.63) is 118 Å². The van der Waals surface area contributed by atoms with Gasteiger partial charge in [0.05, 0.1) is 42.0 Å². The largest absolute Gasteiger partial charge is 0.393 e. The Labute approximate surface area is 597 Å². The van der Waals surface area contributed by atoms with Gasteiger partial charge in [-0.05, 0) is 322 Å². The highest BCUT2D eigenvalue weighted by molar-refractivity contribution is 6.39. The van der Waals surface area contributed by atoms with Crippen LogP contribution in [0.1, 0.15) is 247 Å². The summed E-state index contributed by atoms with van der Waals surface area (Å²) >= 11 is 0. The van der Waals surface area contributed by atoms with Gasteiger partial charge in [-0.25, -0.2) is 0 Å². The molecule has 0 bridgehead atoms. The van der Waals surface area contributed by atoms with Crippen molar-refractivity contribution in [2.24, 2.45) is 134 Å². The second kappa shape index (κ2) is 25.3. The number of fused-ring (bicyclic) bond motifs is 20. The first-order valence-corrected chi connectivity index (χ1v) is 40.4. The SMILES string of the molecule is C[C@]12CC[C@H](O)CC1=CCC1C2CC[C@]2(C)C(C3=NCN=C3)=CCC12.C[C@]12CC[C@H](O)CC1=CCC1C2CC[C@]2(C)C(C3N=CC=N3)=CCC12.C[C@]12CC[C@H](O)CC1=CCC1C2CC[C@]2(C)C(c3ccn[nH]3)=CCC12.C[C@]12CC[C@H](O)CC1=CCC1C2CC[C@]2(C)C(c3ccno3)=CCC12. The summed E-state index contributed by atoms with van der Waals surface area (Å²) in [5.74, 6) is 10.2. The second-order valence-corrected chi connectivity index (χ2v) is 37.7. The van der Waals surface area contributed by atoms with Crippen molar-refractivity contribution in [2.75, 3.05) is 6.67 Å². The highest BCUT2D eigenvalue weighted by atomic mass is 16.5. The fourth-order valence-corrected chi connectivity index (χ4v) is 28.1. The molecular formula is C88H119N7O5. The number of aromatic amines is 1. The van der Waals surface area contributed by atoms with Crippen LogP contribution in [0.2, 0.25) is 0 Å². The molecule has 0 saturated heterocycles. The van der Waals surface area contributed by atoms with E-state index in [9.17, 15) is 20.4 Å². The monoisotopic (exact) mass is 1350 g/mol. The van der Waals surface area contributed by atoms with Gasteiger partial charge in [-0.15, -0.1) is 0 Å². The van der Waals surface area contributed by atoms with Gasteiger partial charge in [0.2, 0.25) is 0 Å². The van der Waals surface area contributed by atoms with Gasteiger partial charge < -0.3 is 24.9 Å². The van der Waals surface area contributed by atoms with E-state index in [0.717, 1.165) is 134 Å². The zero-order valence-corrected chi connectivity index (χ0v) is 61.9. The smallest absolute Gasteiger partial charge is 0.163 e. The van der Waals surface area contributed by atoms with Crippen LogP contribution in [0.15, 0.2) is 131 Å². The van der Waals surface area contributed by atoms with Crippen molar-refractivity contribution >= 4 is 35.5 Å². The van der Waals surface area contributed by atoms with E-state index >= 15 is 0 Å². The Bertz CT molecular complexity index is 3740. The number of hydrogen-bond donors (Lipinski definition) is 5. The lowest BCUT2D eigenvalue weighted by atomic mass is 9.47. The zero-order valence-electron chi connectivity index (χ0n) is 61.9. The molecule has 0 amide bonds. The van der Waals surface area contributed by atoms with Crippen LogP contribution in [0.5, 0.6) is 0 Å². The molecule has 2 aliphatic heterocycles. The van der Waals surface area contributed by atoms with E-state index in [0.29, 0.717) is 39.7 Å². The van der Waals surface area contributed by atoms with Crippen LogP contribution in [0.25, 0.3) is 11.1 Å². The summed E-state index contributed by atoms with van der Waals surface area (Å²) < 4.78 is 5.53. The zero-order chi connectivity index (χ0) is 68.9. The molecule has 2 aromatic rings. The molecule has 2 aromatic heterocycles. The minimum atomic E-state index is -0.115. The molecule has 20 rings (SSSR count). The van der Waals surface area contributed by atoms with Gasteiger partial charge >= 0.3 is 0 Å². The number of nitrogens with zero attached hydrogens (tertiary/aromatic N) is 6. The highest BCUT2D eigenvalue weighted by Crippen LogP contribution is 2.71. The lowest BCUT2D eigenvalue weighted by Crippen LogP contribution is -2.50. The maximum Gasteiger partial charge on any atom is 0.163 e. The summed E-state index contributed by atoms with van der Waals surface area (Å²) in [6.07, 6.45) is 61.1. The molecule has 536 valence electrons. The van der Waals surface area contributed by atoms with Crippen molar-refractivity contribution in [1.82, 2.24) is 15.4 Å². The fraction of sp³-hybridized carbons (Fsp3) is 0.705. The maximum atomic E-state index is 10.1. The van der Waals surface area contributed by atoms with Gasteiger partial charge in [-0.3, -0.25) is 25.1 Å². The Kier molecular flexibility index (Phi) is 17.2. The first-order chi connectivity index (χ1) is 48.1. The molecule has 24 atom stereocenters. The average molecular weight is 1350 g/mol. The van der Waals surface area contributed by atoms with Gasteiger partial charge in [-0.2, -0.15) is 5.10 Å². The van der Waals surface area contributed by atoms with E-state index in [1.807, 2.05) is 30.9 Å². The summed E-state index contributed by atoms with van der Waals surface area (Å²) in [5, 5.41) is 51.9. The van der Waals surface area contributed by atoms with E-state index in [-0.39, 0.29) is 46.8 Å². The molecule has 12 unspecified atom stereocenters. The molecule has 8 saturated carbocycles. The van der Waals surface area contributed by atoms with E-state index in [1.54, 1.807) is 28.5 Å². The lowest BCUT2D eigenvalue weighted by molar-refractivity contribution is -0.0304. The van der Waals surface area contributed by atoms with Crippen LogP contribution < -0.4 is 0 Å². The predicted octanol–water partition coefficient (Wildman–Crippen LogP) is 18.4. The van der Waals surface area contributed by atoms with Crippen LogP contribution in [-0.2, 0) is 0 Å². The van der Waals surface area contributed by atoms with Crippen molar-refractivity contribution in [3.8, 4) is 0 Å². The van der Waals surface area contributed by atoms with Crippen LogP contribution in [0.4, 0.5) is 0 Å². The Balaban J connectivity index is 0.0000000997. The van der Waals surface area contributed by atoms with Crippen molar-refractivity contribution in [3.63, 3.8) is 0 Å². The molecule has 18 aliphatic rings. The summed E-state index contributed by atoms with van der Waals surface area (Å²) in [6, 6.07) is 4.16. The third-order valence-electron chi connectivity index (χ3n) is 33.8. The Morgan fingerprint density at radius 3 is 1.20 bits per heavy atom. The molecular weight excluding hydrogens is 1240 g/mol. The molecule has 0 spiro atoms. The van der Waals surface area contributed by atoms with Crippen LogP contribution in [0, 0.1) is 114 Å². The van der Waals surface area contributed by atoms with E-state index in [2.05, 4.69) is 145 Å². The number of allylic oxidation sites excluding steroid dienone is 11. The molecule has 0 radical (unpaired) electrons. The third-order valence-corrected chi connectivity index (χ3v) is 33.8. The number of nitrogens with one attached hydrogen (secondary N) is 1.